The van der Waals surface area contributed by atoms with Gasteiger partial charge in [-0.3, -0.25) is 0 Å². The molecule has 4 saturated carbocycles. The fourth-order valence-corrected chi connectivity index (χ4v) is 11.5. The van der Waals surface area contributed by atoms with Gasteiger partial charge >= 0.3 is 0 Å². The highest BCUT2D eigenvalue weighted by atomic mass is 28.4. The lowest BCUT2D eigenvalue weighted by Gasteiger charge is -2.62. The van der Waals surface area contributed by atoms with Crippen LogP contribution in [-0.4, -0.2) is 40.1 Å². The van der Waals surface area contributed by atoms with Gasteiger partial charge in [-0.15, -0.1) is 0 Å². The van der Waals surface area contributed by atoms with E-state index in [1.165, 1.54) is 38.5 Å². The number of hydrogen-bond donors (Lipinski definition) is 1. The minimum Gasteiger partial charge on any atom is -0.414 e. The number of fused-ring (bicyclic) bond motifs is 5. The molecule has 5 heteroatoms. The molecule has 4 rings (SSSR count). The standard InChI is InChI=1S/C31H60O3Si2/c1-28(2,3)35(9,10)33-21-15-17-30(7)24-16-18-31(8)23(22(24)20-26(32)25(30)19-21)13-14-27(31)34-36(11,12)29(4,5)6/h21-27,32H,13-20H2,1-12H3/t21-,22+,23+,24+,25?,26+,27+,30-,31+/m1/s1. The molecule has 4 aliphatic rings. The van der Waals surface area contributed by atoms with Gasteiger partial charge < -0.3 is 14.0 Å². The van der Waals surface area contributed by atoms with E-state index in [1.807, 2.05) is 0 Å². The van der Waals surface area contributed by atoms with Gasteiger partial charge in [0.15, 0.2) is 16.6 Å². The van der Waals surface area contributed by atoms with Crippen molar-refractivity contribution in [2.24, 2.45) is 34.5 Å². The SMILES string of the molecule is CC(C)(C)[Si](C)(C)O[C@@H]1CC[C@@]2(C)C(C1)[C@@H](O)C[C@H]1[C@@H]3CC[C@H](O[Si](C)(C)C(C)(C)C)[C@@]3(C)CC[C@@H]12. The maximum atomic E-state index is 11.7. The van der Waals surface area contributed by atoms with Crippen LogP contribution in [0.1, 0.15) is 107 Å². The summed E-state index contributed by atoms with van der Waals surface area (Å²) in [5.41, 5.74) is 0.539. The van der Waals surface area contributed by atoms with Crippen LogP contribution in [0.25, 0.3) is 0 Å². The zero-order valence-electron chi connectivity index (χ0n) is 26.0. The Balaban J connectivity index is 1.51. The molecule has 1 unspecified atom stereocenters. The topological polar surface area (TPSA) is 38.7 Å². The van der Waals surface area contributed by atoms with E-state index in [9.17, 15) is 5.11 Å². The summed E-state index contributed by atoms with van der Waals surface area (Å²) in [7, 11) is -3.58. The second-order valence-corrected chi connectivity index (χ2v) is 26.6. The quantitative estimate of drug-likeness (QED) is 0.365. The van der Waals surface area contributed by atoms with Gasteiger partial charge in [-0.05, 0) is 122 Å². The van der Waals surface area contributed by atoms with Crippen LogP contribution in [0.5, 0.6) is 0 Å². The number of aliphatic hydroxyl groups is 1. The molecule has 0 aromatic carbocycles. The Labute approximate surface area is 226 Å². The van der Waals surface area contributed by atoms with Crippen molar-refractivity contribution in [1.29, 1.82) is 0 Å². The molecule has 0 radical (unpaired) electrons. The average Bonchev–Trinajstić information content (AvgIpc) is 3.03. The summed E-state index contributed by atoms with van der Waals surface area (Å²) in [4.78, 5) is 0. The molecule has 4 fully saturated rings. The molecule has 0 amide bonds. The summed E-state index contributed by atoms with van der Waals surface area (Å²) >= 11 is 0. The summed E-state index contributed by atoms with van der Waals surface area (Å²) in [5.74, 6) is 2.52. The van der Waals surface area contributed by atoms with Crippen molar-refractivity contribution in [3.05, 3.63) is 0 Å². The Morgan fingerprint density at radius 1 is 0.667 bits per heavy atom. The number of hydrogen-bond acceptors (Lipinski definition) is 3. The van der Waals surface area contributed by atoms with Crippen LogP contribution < -0.4 is 0 Å². The molecule has 0 aromatic heterocycles. The molecule has 0 saturated heterocycles. The molecule has 0 aromatic rings. The van der Waals surface area contributed by atoms with Crippen molar-refractivity contribution in [1.82, 2.24) is 0 Å². The van der Waals surface area contributed by atoms with Gasteiger partial charge in [-0.2, -0.15) is 0 Å². The first-order valence-corrected chi connectivity index (χ1v) is 21.1. The van der Waals surface area contributed by atoms with Gasteiger partial charge in [0.25, 0.3) is 0 Å². The van der Waals surface area contributed by atoms with Crippen LogP contribution in [0, 0.1) is 34.5 Å². The Hall–Kier alpha value is 0.314. The van der Waals surface area contributed by atoms with Crippen molar-refractivity contribution < 1.29 is 14.0 Å². The third kappa shape index (κ3) is 4.77. The molecule has 9 atom stereocenters. The lowest BCUT2D eigenvalue weighted by atomic mass is 9.44. The average molecular weight is 537 g/mol. The normalized spacial score (nSPS) is 44.1. The molecule has 36 heavy (non-hydrogen) atoms. The zero-order chi connectivity index (χ0) is 27.1. The molecule has 4 aliphatic carbocycles. The van der Waals surface area contributed by atoms with Crippen LogP contribution in [-0.2, 0) is 8.85 Å². The lowest BCUT2D eigenvalue weighted by molar-refractivity contribution is -0.172. The maximum Gasteiger partial charge on any atom is 0.192 e. The monoisotopic (exact) mass is 536 g/mol. The van der Waals surface area contributed by atoms with Crippen LogP contribution in [0.2, 0.25) is 36.3 Å². The molecular formula is C31H60O3Si2. The molecule has 0 spiro atoms. The lowest BCUT2D eigenvalue weighted by Crippen LogP contribution is -2.60. The summed E-state index contributed by atoms with van der Waals surface area (Å²) < 4.78 is 14.0. The van der Waals surface area contributed by atoms with Crippen molar-refractivity contribution in [2.45, 2.75) is 161 Å². The molecule has 3 nitrogen and oxygen atoms in total. The molecular weight excluding hydrogens is 477 g/mol. The van der Waals surface area contributed by atoms with E-state index in [0.717, 1.165) is 18.8 Å². The van der Waals surface area contributed by atoms with E-state index >= 15 is 0 Å². The van der Waals surface area contributed by atoms with Crippen LogP contribution in [0.3, 0.4) is 0 Å². The number of aliphatic hydroxyl groups excluding tert-OH is 1. The predicted octanol–water partition coefficient (Wildman–Crippen LogP) is 8.78. The third-order valence-corrected chi connectivity index (χ3v) is 22.1. The molecule has 0 aliphatic heterocycles. The molecule has 210 valence electrons. The molecule has 0 bridgehead atoms. The third-order valence-electron chi connectivity index (χ3n) is 13.1. The van der Waals surface area contributed by atoms with Gasteiger partial charge in [-0.25, -0.2) is 0 Å². The van der Waals surface area contributed by atoms with Gasteiger partial charge in [0, 0.05) is 6.10 Å². The van der Waals surface area contributed by atoms with Gasteiger partial charge in [0.2, 0.25) is 0 Å². The van der Waals surface area contributed by atoms with E-state index in [1.54, 1.807) is 0 Å². The van der Waals surface area contributed by atoms with E-state index in [4.69, 9.17) is 8.85 Å². The van der Waals surface area contributed by atoms with Crippen molar-refractivity contribution in [3.8, 4) is 0 Å². The van der Waals surface area contributed by atoms with Crippen LogP contribution in [0.15, 0.2) is 0 Å². The Bertz CT molecular complexity index is 812. The van der Waals surface area contributed by atoms with Crippen molar-refractivity contribution in [3.63, 3.8) is 0 Å². The first-order chi connectivity index (χ1) is 16.2. The summed E-state index contributed by atoms with van der Waals surface area (Å²) in [6, 6.07) is 0. The second kappa shape index (κ2) is 9.18. The maximum absolute atomic E-state index is 11.7. The summed E-state index contributed by atoms with van der Waals surface area (Å²) in [5, 5.41) is 12.2. The Kier molecular flexibility index (Phi) is 7.47. The van der Waals surface area contributed by atoms with E-state index in [-0.39, 0.29) is 27.0 Å². The van der Waals surface area contributed by atoms with Gasteiger partial charge in [0.05, 0.1) is 12.2 Å². The van der Waals surface area contributed by atoms with Gasteiger partial charge in [0.1, 0.15) is 0 Å². The minimum atomic E-state index is -1.79. The van der Waals surface area contributed by atoms with Crippen LogP contribution in [0.4, 0.5) is 0 Å². The molecule has 0 heterocycles. The van der Waals surface area contributed by atoms with E-state index < -0.39 is 16.6 Å². The Morgan fingerprint density at radius 2 is 1.19 bits per heavy atom. The predicted molar refractivity (Wildman–Crippen MR) is 157 cm³/mol. The minimum absolute atomic E-state index is 0.176. The zero-order valence-corrected chi connectivity index (χ0v) is 28.0. The van der Waals surface area contributed by atoms with E-state index in [0.29, 0.717) is 30.0 Å². The first kappa shape index (κ1) is 29.3. The van der Waals surface area contributed by atoms with Gasteiger partial charge in [-0.1, -0.05) is 55.4 Å². The summed E-state index contributed by atoms with van der Waals surface area (Å²) in [6.07, 6.45) is 10.2. The van der Waals surface area contributed by atoms with E-state index in [2.05, 4.69) is 81.6 Å². The fraction of sp³-hybridized carbons (Fsp3) is 1.00. The largest absolute Gasteiger partial charge is 0.414 e. The second-order valence-electron chi connectivity index (χ2n) is 17.1. The smallest absolute Gasteiger partial charge is 0.192 e. The highest BCUT2D eigenvalue weighted by molar-refractivity contribution is 6.74. The summed E-state index contributed by atoms with van der Waals surface area (Å²) in [6.45, 7) is 28.9. The Morgan fingerprint density at radius 3 is 1.78 bits per heavy atom. The highest BCUT2D eigenvalue weighted by Crippen LogP contribution is 2.67. The number of rotatable bonds is 4. The highest BCUT2D eigenvalue weighted by Gasteiger charge is 2.63. The molecule has 1 N–H and O–H groups in total. The van der Waals surface area contributed by atoms with Crippen molar-refractivity contribution >= 4 is 16.6 Å². The van der Waals surface area contributed by atoms with Crippen LogP contribution >= 0.6 is 0 Å². The van der Waals surface area contributed by atoms with Crippen molar-refractivity contribution in [2.75, 3.05) is 0 Å². The fourth-order valence-electron chi connectivity index (χ4n) is 8.64. The first-order valence-electron chi connectivity index (χ1n) is 15.3.